The van der Waals surface area contributed by atoms with E-state index in [0.29, 0.717) is 18.2 Å². The summed E-state index contributed by atoms with van der Waals surface area (Å²) in [6.45, 7) is 5.37. The number of aromatic hydroxyl groups is 1. The first-order chi connectivity index (χ1) is 18.0. The van der Waals surface area contributed by atoms with Gasteiger partial charge < -0.3 is 19.7 Å². The molecule has 37 heavy (non-hydrogen) atoms. The molecule has 1 atom stereocenters. The highest BCUT2D eigenvalue weighted by molar-refractivity contribution is 5.44. The lowest BCUT2D eigenvalue weighted by Gasteiger charge is -2.26. The summed E-state index contributed by atoms with van der Waals surface area (Å²) in [6.07, 6.45) is 4.29. The van der Waals surface area contributed by atoms with Crippen LogP contribution in [-0.2, 0) is 17.7 Å². The van der Waals surface area contributed by atoms with E-state index in [1.807, 2.05) is 12.1 Å². The van der Waals surface area contributed by atoms with Crippen molar-refractivity contribution < 1.29 is 9.84 Å². The maximum absolute atomic E-state index is 11.9. The number of nitrogens with one attached hydrogen (secondary N) is 1. The van der Waals surface area contributed by atoms with Gasteiger partial charge in [0.05, 0.1) is 25.2 Å². The molecular weight excluding hydrogens is 464 g/mol. The maximum Gasteiger partial charge on any atom is 0.293 e. The summed E-state index contributed by atoms with van der Waals surface area (Å²) >= 11 is 0. The van der Waals surface area contributed by atoms with E-state index in [0.717, 1.165) is 56.1 Å². The lowest BCUT2D eigenvalue weighted by Crippen LogP contribution is -2.35. The van der Waals surface area contributed by atoms with E-state index in [1.165, 1.54) is 24.7 Å². The fourth-order valence-electron chi connectivity index (χ4n) is 4.81. The second-order valence-electron chi connectivity index (χ2n) is 10.1. The highest BCUT2D eigenvalue weighted by Crippen LogP contribution is 2.30. The Hall–Kier alpha value is -3.44. The van der Waals surface area contributed by atoms with Crippen LogP contribution in [0, 0.1) is 11.8 Å². The molecule has 7 nitrogen and oxygen atoms in total. The van der Waals surface area contributed by atoms with Crippen LogP contribution in [0.25, 0.3) is 0 Å². The first kappa shape index (κ1) is 25.2. The van der Waals surface area contributed by atoms with E-state index in [1.54, 1.807) is 0 Å². The van der Waals surface area contributed by atoms with Crippen LogP contribution in [0.2, 0.25) is 0 Å². The molecule has 1 saturated carbocycles. The largest absolute Gasteiger partial charge is 0.502 e. The van der Waals surface area contributed by atoms with Gasteiger partial charge in [-0.05, 0) is 55.3 Å². The van der Waals surface area contributed by atoms with Crippen LogP contribution in [-0.4, -0.2) is 70.8 Å². The molecule has 2 fully saturated rings. The van der Waals surface area contributed by atoms with Crippen molar-refractivity contribution in [2.75, 3.05) is 39.9 Å². The van der Waals surface area contributed by atoms with Gasteiger partial charge in [0.1, 0.15) is 0 Å². The molecule has 2 N–H and O–H groups in total. The molecule has 3 aromatic rings. The SMILES string of the molecule is CN(C[C@@H](Cc1nc[nH]c(=O)c1O)c1ccc(C#Cc2ccc(CN3CCOCC3)cc2)cc1)C1CC1. The average Bonchev–Trinajstić information content (AvgIpc) is 3.77. The van der Waals surface area contributed by atoms with Gasteiger partial charge in [-0.25, -0.2) is 4.98 Å². The van der Waals surface area contributed by atoms with Gasteiger partial charge in [0.15, 0.2) is 0 Å². The number of nitrogens with zero attached hydrogens (tertiary/aromatic N) is 3. The molecular formula is C30H34N4O3. The summed E-state index contributed by atoms with van der Waals surface area (Å²) in [5.74, 6) is 6.37. The molecule has 2 aliphatic rings. The Morgan fingerprint density at radius 3 is 2.38 bits per heavy atom. The quantitative estimate of drug-likeness (QED) is 0.465. The zero-order valence-electron chi connectivity index (χ0n) is 21.3. The summed E-state index contributed by atoms with van der Waals surface area (Å²) in [6, 6.07) is 17.4. The predicted molar refractivity (Wildman–Crippen MR) is 144 cm³/mol. The Kier molecular flexibility index (Phi) is 8.00. The lowest BCUT2D eigenvalue weighted by molar-refractivity contribution is 0.0342. The van der Waals surface area contributed by atoms with Gasteiger partial charge in [-0.15, -0.1) is 0 Å². The van der Waals surface area contributed by atoms with Crippen molar-refractivity contribution in [3.63, 3.8) is 0 Å². The Morgan fingerprint density at radius 1 is 1.08 bits per heavy atom. The fourth-order valence-corrected chi connectivity index (χ4v) is 4.81. The smallest absolute Gasteiger partial charge is 0.293 e. The monoisotopic (exact) mass is 498 g/mol. The van der Waals surface area contributed by atoms with Crippen molar-refractivity contribution in [2.45, 2.75) is 37.8 Å². The van der Waals surface area contributed by atoms with Crippen LogP contribution in [0.15, 0.2) is 59.7 Å². The number of morpholine rings is 1. The number of likely N-dealkylation sites (N-methyl/N-ethyl adjacent to an activating group) is 1. The third-order valence-electron chi connectivity index (χ3n) is 7.22. The Bertz CT molecular complexity index is 1300. The minimum absolute atomic E-state index is 0.104. The van der Waals surface area contributed by atoms with Crippen molar-refractivity contribution in [3.8, 4) is 17.6 Å². The number of hydrogen-bond donors (Lipinski definition) is 2. The van der Waals surface area contributed by atoms with Crippen molar-refractivity contribution in [2.24, 2.45) is 0 Å². The van der Waals surface area contributed by atoms with Crippen LogP contribution in [0.1, 0.15) is 46.7 Å². The van der Waals surface area contributed by atoms with Gasteiger partial charge in [-0.1, -0.05) is 36.1 Å². The van der Waals surface area contributed by atoms with Crippen LogP contribution in [0.4, 0.5) is 0 Å². The summed E-state index contributed by atoms with van der Waals surface area (Å²) < 4.78 is 5.43. The zero-order chi connectivity index (χ0) is 25.6. The molecule has 5 rings (SSSR count). The summed E-state index contributed by atoms with van der Waals surface area (Å²) in [7, 11) is 2.14. The van der Waals surface area contributed by atoms with Crippen molar-refractivity contribution in [3.05, 3.63) is 93.2 Å². The number of hydrogen-bond acceptors (Lipinski definition) is 6. The van der Waals surface area contributed by atoms with E-state index in [2.05, 4.69) is 75.1 Å². The third kappa shape index (κ3) is 6.86. The number of aromatic nitrogens is 2. The first-order valence-corrected chi connectivity index (χ1v) is 13.0. The summed E-state index contributed by atoms with van der Waals surface area (Å²) in [5, 5.41) is 10.2. The molecule has 7 heteroatoms. The minimum atomic E-state index is -0.501. The molecule has 0 unspecified atom stereocenters. The molecule has 1 aromatic heterocycles. The Balaban J connectivity index is 1.26. The number of aromatic amines is 1. The molecule has 192 valence electrons. The standard InChI is InChI=1S/C30H34N4O3/c1-33(27-12-13-27)20-26(18-28-29(35)30(36)32-21-31-28)25-10-8-23(9-11-25)3-2-22-4-6-24(7-5-22)19-34-14-16-37-17-15-34/h4-11,21,26-27,35H,12-20H2,1H3,(H,31,32,36)/t26-/m1/s1. The molecule has 0 spiro atoms. The van der Waals surface area contributed by atoms with Crippen molar-refractivity contribution in [1.82, 2.24) is 19.8 Å². The number of benzene rings is 2. The second-order valence-corrected chi connectivity index (χ2v) is 10.1. The molecule has 0 radical (unpaired) electrons. The van der Waals surface area contributed by atoms with Gasteiger partial charge in [0.25, 0.3) is 5.56 Å². The van der Waals surface area contributed by atoms with E-state index in [-0.39, 0.29) is 11.7 Å². The topological polar surface area (TPSA) is 81.7 Å². The second kappa shape index (κ2) is 11.7. The molecule has 2 aromatic carbocycles. The minimum Gasteiger partial charge on any atom is -0.502 e. The molecule has 1 aliphatic heterocycles. The van der Waals surface area contributed by atoms with Gasteiger partial charge in [-0.3, -0.25) is 9.69 Å². The average molecular weight is 499 g/mol. The summed E-state index contributed by atoms with van der Waals surface area (Å²) in [4.78, 5) is 23.3. The van der Waals surface area contributed by atoms with E-state index in [4.69, 9.17) is 4.74 Å². The van der Waals surface area contributed by atoms with E-state index in [9.17, 15) is 9.90 Å². The molecule has 0 amide bonds. The Labute approximate surface area is 218 Å². The highest BCUT2D eigenvalue weighted by Gasteiger charge is 2.29. The fraction of sp³-hybridized carbons (Fsp3) is 0.400. The van der Waals surface area contributed by atoms with Gasteiger partial charge >= 0.3 is 0 Å². The lowest BCUT2D eigenvalue weighted by atomic mass is 9.92. The predicted octanol–water partition coefficient (Wildman–Crippen LogP) is 3.13. The van der Waals surface area contributed by atoms with Crippen molar-refractivity contribution in [1.29, 1.82) is 0 Å². The number of H-pyrrole nitrogens is 1. The van der Waals surface area contributed by atoms with E-state index >= 15 is 0 Å². The van der Waals surface area contributed by atoms with Crippen LogP contribution < -0.4 is 5.56 Å². The van der Waals surface area contributed by atoms with Crippen LogP contribution in [0.3, 0.4) is 0 Å². The number of rotatable bonds is 8. The third-order valence-corrected chi connectivity index (χ3v) is 7.22. The van der Waals surface area contributed by atoms with Gasteiger partial charge in [0.2, 0.25) is 5.75 Å². The molecule has 2 heterocycles. The summed E-state index contributed by atoms with van der Waals surface area (Å²) in [5.41, 5.74) is 4.31. The zero-order valence-corrected chi connectivity index (χ0v) is 21.3. The first-order valence-electron chi connectivity index (χ1n) is 13.0. The Morgan fingerprint density at radius 2 is 1.73 bits per heavy atom. The number of ether oxygens (including phenoxy) is 1. The van der Waals surface area contributed by atoms with Crippen LogP contribution >= 0.6 is 0 Å². The molecule has 1 saturated heterocycles. The van der Waals surface area contributed by atoms with Gasteiger partial charge in [-0.2, -0.15) is 0 Å². The van der Waals surface area contributed by atoms with Crippen molar-refractivity contribution >= 4 is 0 Å². The molecule has 0 bridgehead atoms. The van der Waals surface area contributed by atoms with Crippen LogP contribution in [0.5, 0.6) is 5.75 Å². The van der Waals surface area contributed by atoms with Gasteiger partial charge in [0, 0.05) is 55.7 Å². The molecule has 1 aliphatic carbocycles. The highest BCUT2D eigenvalue weighted by atomic mass is 16.5. The maximum atomic E-state index is 11.9. The van der Waals surface area contributed by atoms with E-state index < -0.39 is 5.56 Å². The normalized spacial score (nSPS) is 16.8.